The molecule has 0 aliphatic rings. The van der Waals surface area contributed by atoms with E-state index < -0.39 is 28.3 Å². The van der Waals surface area contributed by atoms with Gasteiger partial charge in [-0.25, -0.2) is 0 Å². The summed E-state index contributed by atoms with van der Waals surface area (Å²) in [5, 5.41) is 23.7. The highest BCUT2D eigenvalue weighted by atomic mass is 19.4. The number of carbonyl (C=O) groups is 1. The topological polar surface area (TPSA) is 110 Å². The van der Waals surface area contributed by atoms with Crippen molar-refractivity contribution in [3.63, 3.8) is 0 Å². The molecule has 0 fully saturated rings. The molecular formula is C30H23F3N4O4. The maximum absolute atomic E-state index is 13.0. The van der Waals surface area contributed by atoms with Crippen molar-refractivity contribution in [3.05, 3.63) is 123 Å². The van der Waals surface area contributed by atoms with E-state index in [9.17, 15) is 33.3 Å². The average Bonchev–Trinajstić information content (AvgIpc) is 3.23. The van der Waals surface area contributed by atoms with Crippen molar-refractivity contribution in [3.8, 4) is 23.3 Å². The van der Waals surface area contributed by atoms with Crippen LogP contribution in [0.15, 0.2) is 84.4 Å². The van der Waals surface area contributed by atoms with Crippen molar-refractivity contribution in [1.82, 2.24) is 9.88 Å². The van der Waals surface area contributed by atoms with Gasteiger partial charge < -0.3 is 14.6 Å². The molecule has 0 spiro atoms. The third-order valence-electron chi connectivity index (χ3n) is 6.24. The van der Waals surface area contributed by atoms with Crippen molar-refractivity contribution >= 4 is 17.7 Å². The molecule has 0 radical (unpaired) electrons. The molecule has 4 rings (SSSR count). The standard InChI is InChI=1S/C30H23F3N4O4/c1-19-14-22(15-23(17-34)29(38)35-18-21-6-4-3-5-7-21)20(2)36(19)25-9-11-26(12-10-25)41-28-13-8-24(30(31,32)33)16-27(28)37(39)40/h3-16H,18H2,1-2H3,(H,35,38)/b23-15+. The fourth-order valence-corrected chi connectivity index (χ4v) is 4.22. The lowest BCUT2D eigenvalue weighted by atomic mass is 10.1. The number of hydrogen-bond donors (Lipinski definition) is 1. The van der Waals surface area contributed by atoms with Gasteiger partial charge in [0.25, 0.3) is 5.91 Å². The maximum Gasteiger partial charge on any atom is 0.416 e. The zero-order chi connectivity index (χ0) is 29.7. The van der Waals surface area contributed by atoms with Crippen LogP contribution in [0.4, 0.5) is 18.9 Å². The molecular weight excluding hydrogens is 537 g/mol. The molecule has 0 saturated carbocycles. The molecule has 41 heavy (non-hydrogen) atoms. The normalized spacial score (nSPS) is 11.6. The highest BCUT2D eigenvalue weighted by Crippen LogP contribution is 2.38. The number of halogens is 3. The van der Waals surface area contributed by atoms with Crippen molar-refractivity contribution in [2.45, 2.75) is 26.6 Å². The molecule has 0 aliphatic heterocycles. The first kappa shape index (κ1) is 28.6. The first-order chi connectivity index (χ1) is 19.5. The van der Waals surface area contributed by atoms with E-state index in [0.717, 1.165) is 29.1 Å². The van der Waals surface area contributed by atoms with Crippen LogP contribution in [0, 0.1) is 35.3 Å². The van der Waals surface area contributed by atoms with Gasteiger partial charge in [0.15, 0.2) is 0 Å². The minimum atomic E-state index is -4.73. The molecule has 1 heterocycles. The highest BCUT2D eigenvalue weighted by molar-refractivity contribution is 6.01. The summed E-state index contributed by atoms with van der Waals surface area (Å²) in [6.07, 6.45) is -3.22. The van der Waals surface area contributed by atoms with Gasteiger partial charge in [0.1, 0.15) is 17.4 Å². The molecule has 0 unspecified atom stereocenters. The molecule has 11 heteroatoms. The van der Waals surface area contributed by atoms with E-state index in [1.54, 1.807) is 12.1 Å². The molecule has 0 aliphatic carbocycles. The quantitative estimate of drug-likeness (QED) is 0.108. The van der Waals surface area contributed by atoms with E-state index in [2.05, 4.69) is 5.32 Å². The molecule has 0 bridgehead atoms. The number of nitriles is 1. The van der Waals surface area contributed by atoms with Crippen LogP contribution in [0.1, 0.15) is 28.1 Å². The minimum absolute atomic E-state index is 0.0527. The number of aromatic nitrogens is 1. The fourth-order valence-electron chi connectivity index (χ4n) is 4.22. The first-order valence-corrected chi connectivity index (χ1v) is 12.2. The minimum Gasteiger partial charge on any atom is -0.450 e. The first-order valence-electron chi connectivity index (χ1n) is 12.2. The number of ether oxygens (including phenoxy) is 1. The van der Waals surface area contributed by atoms with E-state index >= 15 is 0 Å². The number of rotatable bonds is 8. The van der Waals surface area contributed by atoms with Gasteiger partial charge in [-0.15, -0.1) is 0 Å². The SMILES string of the molecule is Cc1cc(/C=C(\C#N)C(=O)NCc2ccccc2)c(C)n1-c1ccc(Oc2ccc(C(F)(F)F)cc2[N+](=O)[O-])cc1. The molecule has 0 atom stereocenters. The number of carbonyl (C=O) groups excluding carboxylic acids is 1. The van der Waals surface area contributed by atoms with Gasteiger partial charge in [0, 0.05) is 29.7 Å². The zero-order valence-electron chi connectivity index (χ0n) is 21.9. The molecule has 208 valence electrons. The lowest BCUT2D eigenvalue weighted by Gasteiger charge is -2.12. The average molecular weight is 561 g/mol. The van der Waals surface area contributed by atoms with Crippen LogP contribution >= 0.6 is 0 Å². The molecule has 0 saturated heterocycles. The Kier molecular flexibility index (Phi) is 8.24. The molecule has 8 nitrogen and oxygen atoms in total. The van der Waals surface area contributed by atoms with Crippen LogP contribution in [0.2, 0.25) is 0 Å². The second-order valence-corrected chi connectivity index (χ2v) is 9.03. The van der Waals surface area contributed by atoms with Crippen molar-refractivity contribution in [2.24, 2.45) is 0 Å². The summed E-state index contributed by atoms with van der Waals surface area (Å²) < 4.78 is 46.4. The summed E-state index contributed by atoms with van der Waals surface area (Å²) in [7, 11) is 0. The van der Waals surface area contributed by atoms with E-state index in [0.29, 0.717) is 17.3 Å². The molecule has 3 aromatic carbocycles. The number of benzene rings is 3. The van der Waals surface area contributed by atoms with Crippen LogP contribution in [0.5, 0.6) is 11.5 Å². The van der Waals surface area contributed by atoms with Crippen LogP contribution in [-0.4, -0.2) is 15.4 Å². The second kappa shape index (κ2) is 11.8. The Morgan fingerprint density at radius 3 is 2.37 bits per heavy atom. The third kappa shape index (κ3) is 6.62. The monoisotopic (exact) mass is 560 g/mol. The van der Waals surface area contributed by atoms with Crippen molar-refractivity contribution < 1.29 is 27.6 Å². The van der Waals surface area contributed by atoms with E-state index in [1.807, 2.05) is 60.9 Å². The van der Waals surface area contributed by atoms with Gasteiger partial charge in [-0.05, 0) is 73.5 Å². The number of nitrogens with one attached hydrogen (secondary N) is 1. The molecule has 1 N–H and O–H groups in total. The largest absolute Gasteiger partial charge is 0.450 e. The lowest BCUT2D eigenvalue weighted by molar-refractivity contribution is -0.385. The number of amides is 1. The number of nitrogens with zero attached hydrogens (tertiary/aromatic N) is 3. The number of nitro groups is 1. The predicted octanol–water partition coefficient (Wildman–Crippen LogP) is 7.04. The van der Waals surface area contributed by atoms with Gasteiger partial charge in [0.2, 0.25) is 5.75 Å². The van der Waals surface area contributed by atoms with Crippen LogP contribution < -0.4 is 10.1 Å². The number of aryl methyl sites for hydroxylation is 1. The Bertz CT molecular complexity index is 1670. The number of hydrogen-bond acceptors (Lipinski definition) is 5. The van der Waals surface area contributed by atoms with Gasteiger partial charge in [-0.1, -0.05) is 30.3 Å². The predicted molar refractivity (Wildman–Crippen MR) is 145 cm³/mol. The van der Waals surface area contributed by atoms with Crippen LogP contribution in [-0.2, 0) is 17.5 Å². The van der Waals surface area contributed by atoms with Gasteiger partial charge in [-0.2, -0.15) is 18.4 Å². The number of nitro benzene ring substituents is 1. The molecule has 4 aromatic rings. The maximum atomic E-state index is 13.0. The zero-order valence-corrected chi connectivity index (χ0v) is 21.9. The highest BCUT2D eigenvalue weighted by Gasteiger charge is 2.33. The smallest absolute Gasteiger partial charge is 0.416 e. The van der Waals surface area contributed by atoms with Gasteiger partial charge >= 0.3 is 11.9 Å². The number of alkyl halides is 3. The lowest BCUT2D eigenvalue weighted by Crippen LogP contribution is -2.23. The Labute approximate surface area is 233 Å². The molecule has 1 amide bonds. The third-order valence-corrected chi connectivity index (χ3v) is 6.24. The van der Waals surface area contributed by atoms with E-state index in [4.69, 9.17) is 4.74 Å². The van der Waals surface area contributed by atoms with Crippen molar-refractivity contribution in [2.75, 3.05) is 0 Å². The summed E-state index contributed by atoms with van der Waals surface area (Å²) in [6.45, 7) is 3.95. The Hall–Kier alpha value is -5.37. The summed E-state index contributed by atoms with van der Waals surface area (Å²) in [5.41, 5.74) is 1.80. The summed E-state index contributed by atoms with van der Waals surface area (Å²) in [6, 6.07) is 21.6. The van der Waals surface area contributed by atoms with E-state index in [-0.39, 0.29) is 23.6 Å². The van der Waals surface area contributed by atoms with Crippen LogP contribution in [0.3, 0.4) is 0 Å². The Morgan fingerprint density at radius 1 is 1.07 bits per heavy atom. The Morgan fingerprint density at radius 2 is 1.76 bits per heavy atom. The van der Waals surface area contributed by atoms with Gasteiger partial charge in [-0.3, -0.25) is 14.9 Å². The summed E-state index contributed by atoms with van der Waals surface area (Å²) >= 11 is 0. The molecule has 1 aromatic heterocycles. The van der Waals surface area contributed by atoms with Gasteiger partial charge in [0.05, 0.1) is 10.5 Å². The van der Waals surface area contributed by atoms with Crippen LogP contribution in [0.25, 0.3) is 11.8 Å². The summed E-state index contributed by atoms with van der Waals surface area (Å²) in [4.78, 5) is 23.0. The van der Waals surface area contributed by atoms with Crippen molar-refractivity contribution in [1.29, 1.82) is 5.26 Å². The Balaban J connectivity index is 1.54. The van der Waals surface area contributed by atoms with E-state index in [1.165, 1.54) is 18.2 Å². The fraction of sp³-hybridized carbons (Fsp3) is 0.133. The second-order valence-electron chi connectivity index (χ2n) is 9.03. The summed E-state index contributed by atoms with van der Waals surface area (Å²) in [5.74, 6) is -0.646.